The van der Waals surface area contributed by atoms with Crippen LogP contribution in [0.1, 0.15) is 55.2 Å². The molecule has 5 nitrogen and oxygen atoms in total. The molecule has 5 heteroatoms. The van der Waals surface area contributed by atoms with Crippen LogP contribution in [0.25, 0.3) is 11.0 Å². The first-order chi connectivity index (χ1) is 12.6. The molecule has 0 unspecified atom stereocenters. The van der Waals surface area contributed by atoms with Gasteiger partial charge < -0.3 is 14.5 Å². The van der Waals surface area contributed by atoms with Gasteiger partial charge in [-0.05, 0) is 55.4 Å². The van der Waals surface area contributed by atoms with Crippen molar-refractivity contribution in [3.05, 3.63) is 35.1 Å². The summed E-state index contributed by atoms with van der Waals surface area (Å²) >= 11 is 0. The van der Waals surface area contributed by atoms with Crippen LogP contribution in [0.2, 0.25) is 0 Å². The fourth-order valence-electron chi connectivity index (χ4n) is 4.50. The number of fused-ring (bicyclic) bond motifs is 2. The van der Waals surface area contributed by atoms with Gasteiger partial charge in [0.2, 0.25) is 5.91 Å². The van der Waals surface area contributed by atoms with Gasteiger partial charge in [0, 0.05) is 10.9 Å². The van der Waals surface area contributed by atoms with Crippen LogP contribution in [-0.2, 0) is 33.6 Å². The second-order valence-electron chi connectivity index (χ2n) is 7.59. The Hall–Kier alpha value is -2.30. The van der Waals surface area contributed by atoms with Crippen LogP contribution in [0.4, 0.5) is 0 Å². The lowest BCUT2D eigenvalue weighted by Crippen LogP contribution is -2.56. The fraction of sp³-hybridized carbons (Fsp3) is 0.524. The van der Waals surface area contributed by atoms with Gasteiger partial charge >= 0.3 is 5.97 Å². The van der Waals surface area contributed by atoms with Gasteiger partial charge in [-0.15, -0.1) is 0 Å². The van der Waals surface area contributed by atoms with Crippen molar-refractivity contribution in [2.24, 2.45) is 0 Å². The third-order valence-electron chi connectivity index (χ3n) is 5.88. The Morgan fingerprint density at radius 2 is 1.85 bits per heavy atom. The summed E-state index contributed by atoms with van der Waals surface area (Å²) in [6.45, 7) is 0. The van der Waals surface area contributed by atoms with Crippen LogP contribution >= 0.6 is 0 Å². The average Bonchev–Trinajstić information content (AvgIpc) is 3.26. The Bertz CT molecular complexity index is 845. The van der Waals surface area contributed by atoms with Crippen molar-refractivity contribution in [3.8, 4) is 0 Å². The molecule has 0 aliphatic heterocycles. The highest BCUT2D eigenvalue weighted by atomic mass is 16.5. The molecule has 1 heterocycles. The van der Waals surface area contributed by atoms with E-state index in [1.165, 1.54) is 24.7 Å². The predicted molar refractivity (Wildman–Crippen MR) is 97.9 cm³/mol. The van der Waals surface area contributed by atoms with Gasteiger partial charge in [-0.2, -0.15) is 0 Å². The number of amides is 1. The number of methoxy groups -OCH3 is 1. The molecule has 1 amide bonds. The maximum absolute atomic E-state index is 12.7. The number of ether oxygens (including phenoxy) is 1. The highest BCUT2D eigenvalue weighted by molar-refractivity contribution is 5.92. The minimum atomic E-state index is -0.870. The van der Waals surface area contributed by atoms with E-state index in [9.17, 15) is 9.59 Å². The van der Waals surface area contributed by atoms with Gasteiger partial charge in [0.05, 0.1) is 19.8 Å². The van der Waals surface area contributed by atoms with Crippen LogP contribution in [0.3, 0.4) is 0 Å². The van der Waals surface area contributed by atoms with Crippen molar-refractivity contribution in [1.82, 2.24) is 5.32 Å². The molecule has 0 atom stereocenters. The number of hydrogen-bond acceptors (Lipinski definition) is 4. The fourth-order valence-corrected chi connectivity index (χ4v) is 4.50. The standard InChI is InChI=1S/C21H25NO4/c1-25-20(24)21(8-3-2-4-9-21)22-19(23)12-16-13-26-18-11-15-7-5-6-14(15)10-17(16)18/h10-11,13H,2-9,12H2,1H3,(H,22,23). The van der Waals surface area contributed by atoms with Gasteiger partial charge in [0.25, 0.3) is 0 Å². The number of aryl methyl sites for hydroxylation is 2. The molecular weight excluding hydrogens is 330 g/mol. The molecule has 26 heavy (non-hydrogen) atoms. The van der Waals surface area contributed by atoms with E-state index in [0.29, 0.717) is 12.8 Å². The summed E-state index contributed by atoms with van der Waals surface area (Å²) in [7, 11) is 1.38. The van der Waals surface area contributed by atoms with Crippen LogP contribution in [0, 0.1) is 0 Å². The summed E-state index contributed by atoms with van der Waals surface area (Å²) in [6, 6.07) is 4.27. The van der Waals surface area contributed by atoms with Gasteiger partial charge in [0.1, 0.15) is 11.1 Å². The summed E-state index contributed by atoms with van der Waals surface area (Å²) in [4.78, 5) is 25.0. The summed E-state index contributed by atoms with van der Waals surface area (Å²) < 4.78 is 10.7. The highest BCUT2D eigenvalue weighted by Gasteiger charge is 2.41. The van der Waals surface area contributed by atoms with Crippen molar-refractivity contribution in [2.45, 2.75) is 63.3 Å². The Balaban J connectivity index is 1.54. The first-order valence-corrected chi connectivity index (χ1v) is 9.53. The van der Waals surface area contributed by atoms with E-state index in [-0.39, 0.29) is 18.3 Å². The third-order valence-corrected chi connectivity index (χ3v) is 5.88. The number of nitrogens with one attached hydrogen (secondary N) is 1. The van der Waals surface area contributed by atoms with Crippen molar-refractivity contribution in [3.63, 3.8) is 0 Å². The lowest BCUT2D eigenvalue weighted by molar-refractivity contribution is -0.152. The molecule has 0 saturated heterocycles. The molecule has 1 aromatic carbocycles. The zero-order valence-electron chi connectivity index (χ0n) is 15.2. The van der Waals surface area contributed by atoms with Crippen LogP contribution in [0.15, 0.2) is 22.8 Å². The molecule has 2 aliphatic carbocycles. The van der Waals surface area contributed by atoms with Gasteiger partial charge in [-0.3, -0.25) is 4.79 Å². The highest BCUT2D eigenvalue weighted by Crippen LogP contribution is 2.32. The van der Waals surface area contributed by atoms with E-state index in [1.807, 2.05) is 0 Å². The van der Waals surface area contributed by atoms with Crippen molar-refractivity contribution in [1.29, 1.82) is 0 Å². The Morgan fingerprint density at radius 3 is 2.58 bits per heavy atom. The molecule has 0 spiro atoms. The normalized spacial score (nSPS) is 18.5. The minimum Gasteiger partial charge on any atom is -0.467 e. The molecule has 1 fully saturated rings. The Morgan fingerprint density at radius 1 is 1.12 bits per heavy atom. The summed E-state index contributed by atoms with van der Waals surface area (Å²) in [5, 5.41) is 3.99. The van der Waals surface area contributed by atoms with Crippen LogP contribution < -0.4 is 5.32 Å². The number of carbonyl (C=O) groups is 2. The first-order valence-electron chi connectivity index (χ1n) is 9.53. The lowest BCUT2D eigenvalue weighted by atomic mass is 9.81. The second-order valence-corrected chi connectivity index (χ2v) is 7.59. The molecule has 2 aromatic rings. The SMILES string of the molecule is COC(=O)C1(NC(=O)Cc2coc3cc4c(cc23)CCC4)CCCCC1. The lowest BCUT2D eigenvalue weighted by Gasteiger charge is -2.35. The molecule has 0 radical (unpaired) electrons. The zero-order chi connectivity index (χ0) is 18.1. The van der Waals surface area contributed by atoms with E-state index in [2.05, 4.69) is 17.4 Å². The number of furan rings is 1. The van der Waals surface area contributed by atoms with Gasteiger partial charge in [0.15, 0.2) is 0 Å². The topological polar surface area (TPSA) is 68.5 Å². The summed E-state index contributed by atoms with van der Waals surface area (Å²) in [5.74, 6) is -0.485. The monoisotopic (exact) mass is 355 g/mol. The molecule has 4 rings (SSSR count). The van der Waals surface area contributed by atoms with Gasteiger partial charge in [-0.25, -0.2) is 4.79 Å². The molecule has 1 N–H and O–H groups in total. The van der Waals surface area contributed by atoms with E-state index in [0.717, 1.165) is 48.6 Å². The van der Waals surface area contributed by atoms with E-state index in [4.69, 9.17) is 9.15 Å². The molecule has 138 valence electrons. The second kappa shape index (κ2) is 6.78. The number of hydrogen-bond donors (Lipinski definition) is 1. The predicted octanol–water partition coefficient (Wildman–Crippen LogP) is 3.46. The number of esters is 1. The van der Waals surface area contributed by atoms with E-state index >= 15 is 0 Å². The molecule has 1 saturated carbocycles. The van der Waals surface area contributed by atoms with Crippen LogP contribution in [-0.4, -0.2) is 24.5 Å². The smallest absolute Gasteiger partial charge is 0.331 e. The molecule has 1 aromatic heterocycles. The third kappa shape index (κ3) is 3.00. The minimum absolute atomic E-state index is 0.152. The van der Waals surface area contributed by atoms with Crippen molar-refractivity contribution >= 4 is 22.8 Å². The van der Waals surface area contributed by atoms with Crippen LogP contribution in [0.5, 0.6) is 0 Å². The van der Waals surface area contributed by atoms with E-state index < -0.39 is 5.54 Å². The number of benzene rings is 1. The molecule has 0 bridgehead atoms. The maximum Gasteiger partial charge on any atom is 0.331 e. The molecule has 2 aliphatic rings. The largest absolute Gasteiger partial charge is 0.467 e. The number of rotatable bonds is 4. The zero-order valence-corrected chi connectivity index (χ0v) is 15.2. The summed E-state index contributed by atoms with van der Waals surface area (Å²) in [5.41, 5.74) is 3.57. The van der Waals surface area contributed by atoms with E-state index in [1.54, 1.807) is 6.26 Å². The average molecular weight is 355 g/mol. The quantitative estimate of drug-likeness (QED) is 0.853. The van der Waals surface area contributed by atoms with Crippen molar-refractivity contribution < 1.29 is 18.7 Å². The maximum atomic E-state index is 12.7. The Kier molecular flexibility index (Phi) is 4.47. The number of carbonyl (C=O) groups excluding carboxylic acids is 2. The van der Waals surface area contributed by atoms with Crippen molar-refractivity contribution in [2.75, 3.05) is 7.11 Å². The summed E-state index contributed by atoms with van der Waals surface area (Å²) in [6.07, 6.45) is 9.49. The Labute approximate surface area is 153 Å². The van der Waals surface area contributed by atoms with Gasteiger partial charge in [-0.1, -0.05) is 19.3 Å². The molecular formula is C21H25NO4. The first kappa shape index (κ1) is 17.1.